The number of fused-ring (bicyclic) bond motifs is 3. The van der Waals surface area contributed by atoms with Crippen molar-refractivity contribution in [3.8, 4) is 28.3 Å². The number of hydrogen-bond acceptors (Lipinski definition) is 6. The summed E-state index contributed by atoms with van der Waals surface area (Å²) in [5, 5.41) is 8.13. The molecule has 1 amide bonds. The number of rotatable bonds is 7. The number of nitrogens with one attached hydrogen (secondary N) is 1. The first-order valence-corrected chi connectivity index (χ1v) is 12.3. The quantitative estimate of drug-likeness (QED) is 0.320. The van der Waals surface area contributed by atoms with Crippen molar-refractivity contribution in [1.82, 2.24) is 10.1 Å². The van der Waals surface area contributed by atoms with Crippen molar-refractivity contribution in [2.24, 2.45) is 0 Å². The summed E-state index contributed by atoms with van der Waals surface area (Å²) < 4.78 is 11.4. The van der Waals surface area contributed by atoms with Gasteiger partial charge < -0.3 is 14.6 Å². The van der Waals surface area contributed by atoms with Gasteiger partial charge in [-0.15, -0.1) is 11.8 Å². The minimum absolute atomic E-state index is 0.226. The number of pyridine rings is 1. The molecule has 34 heavy (non-hydrogen) atoms. The van der Waals surface area contributed by atoms with Gasteiger partial charge >= 0.3 is 0 Å². The molecule has 0 radical (unpaired) electrons. The van der Waals surface area contributed by atoms with Gasteiger partial charge in [0.25, 0.3) is 5.91 Å². The predicted octanol–water partition coefficient (Wildman–Crippen LogP) is 6.27. The summed E-state index contributed by atoms with van der Waals surface area (Å²) in [6.45, 7) is 2.10. The summed E-state index contributed by atoms with van der Waals surface area (Å²) in [6, 6.07) is 17.5. The van der Waals surface area contributed by atoms with E-state index in [0.29, 0.717) is 17.0 Å². The van der Waals surface area contributed by atoms with Gasteiger partial charge in [-0.3, -0.25) is 4.79 Å². The van der Waals surface area contributed by atoms with E-state index in [1.54, 1.807) is 37.2 Å². The van der Waals surface area contributed by atoms with Crippen molar-refractivity contribution in [2.45, 2.75) is 31.2 Å². The molecular weight excluding hydrogens is 446 g/mol. The highest BCUT2D eigenvalue weighted by molar-refractivity contribution is 7.99. The molecule has 6 nitrogen and oxygen atoms in total. The fourth-order valence-corrected chi connectivity index (χ4v) is 5.07. The van der Waals surface area contributed by atoms with E-state index < -0.39 is 0 Å². The van der Waals surface area contributed by atoms with Crippen molar-refractivity contribution in [3.63, 3.8) is 0 Å². The topological polar surface area (TPSA) is 77.3 Å². The van der Waals surface area contributed by atoms with Crippen LogP contribution >= 0.6 is 11.8 Å². The Morgan fingerprint density at radius 1 is 1.15 bits per heavy atom. The molecule has 1 aliphatic carbocycles. The van der Waals surface area contributed by atoms with Crippen LogP contribution in [0.1, 0.15) is 34.8 Å². The smallest absolute Gasteiger partial charge is 0.258 e. The Labute approximate surface area is 202 Å². The van der Waals surface area contributed by atoms with Crippen molar-refractivity contribution in [3.05, 3.63) is 77.5 Å². The number of aryl methyl sites for hydroxylation is 1. The number of nitrogens with zero attached hydrogens (tertiary/aromatic N) is 2. The molecule has 1 N–H and O–H groups in total. The lowest BCUT2D eigenvalue weighted by molar-refractivity contribution is 0.102. The summed E-state index contributed by atoms with van der Waals surface area (Å²) >= 11 is 1.58. The Balaban J connectivity index is 1.48. The van der Waals surface area contributed by atoms with Crippen LogP contribution in [0.3, 0.4) is 0 Å². The number of thioether (sulfide) groups is 1. The second kappa shape index (κ2) is 9.73. The molecule has 0 saturated heterocycles. The van der Waals surface area contributed by atoms with Gasteiger partial charge in [0.05, 0.1) is 18.4 Å². The maximum Gasteiger partial charge on any atom is 0.258 e. The minimum atomic E-state index is -0.226. The van der Waals surface area contributed by atoms with Gasteiger partial charge in [0, 0.05) is 22.9 Å². The zero-order chi connectivity index (χ0) is 23.5. The minimum Gasteiger partial charge on any atom is -0.495 e. The molecule has 0 atom stereocenters. The lowest BCUT2D eigenvalue weighted by Crippen LogP contribution is -2.14. The molecule has 0 aliphatic heterocycles. The maximum absolute atomic E-state index is 13.2. The molecule has 1 aliphatic rings. The third-order valence-corrected chi connectivity index (χ3v) is 7.08. The maximum atomic E-state index is 13.2. The van der Waals surface area contributed by atoms with Gasteiger partial charge in [0.1, 0.15) is 16.5 Å². The average molecular weight is 472 g/mol. The van der Waals surface area contributed by atoms with Gasteiger partial charge in [-0.05, 0) is 60.9 Å². The molecule has 0 spiro atoms. The van der Waals surface area contributed by atoms with Crippen molar-refractivity contribution >= 4 is 23.4 Å². The number of methoxy groups -OCH3 is 1. The highest BCUT2D eigenvalue weighted by Crippen LogP contribution is 2.40. The molecule has 4 aromatic rings. The molecule has 5 rings (SSSR count). The normalized spacial score (nSPS) is 12.1. The van der Waals surface area contributed by atoms with E-state index in [9.17, 15) is 4.79 Å². The van der Waals surface area contributed by atoms with Crippen LogP contribution in [0.15, 0.2) is 70.3 Å². The highest BCUT2D eigenvalue weighted by Gasteiger charge is 2.25. The Hall–Kier alpha value is -3.58. The molecule has 2 heterocycles. The Morgan fingerprint density at radius 3 is 2.88 bits per heavy atom. The van der Waals surface area contributed by atoms with E-state index in [1.807, 2.05) is 24.3 Å². The standard InChI is InChI=1S/C27H25N3O3S/c1-3-15-34-27-21(9-6-14-28-27)26(31)29-22-16-18(11-13-23(22)32-2)25-20-12-10-17-7-4-5-8-19(17)24(20)30-33-25/h4-9,11,13-14,16H,3,10,12,15H2,1-2H3,(H,29,31). The Morgan fingerprint density at radius 2 is 2.03 bits per heavy atom. The molecule has 0 unspecified atom stereocenters. The summed E-state index contributed by atoms with van der Waals surface area (Å²) in [5.41, 5.74) is 6.35. The van der Waals surface area contributed by atoms with Gasteiger partial charge in [0.2, 0.25) is 0 Å². The lowest BCUT2D eigenvalue weighted by atomic mass is 9.88. The van der Waals surface area contributed by atoms with E-state index in [4.69, 9.17) is 9.26 Å². The van der Waals surface area contributed by atoms with Crippen molar-refractivity contribution < 1.29 is 14.1 Å². The van der Waals surface area contributed by atoms with Gasteiger partial charge in [-0.2, -0.15) is 0 Å². The van der Waals surface area contributed by atoms with Crippen LogP contribution in [0.4, 0.5) is 5.69 Å². The van der Waals surface area contributed by atoms with Gasteiger partial charge in [0.15, 0.2) is 5.76 Å². The third kappa shape index (κ3) is 4.19. The first-order valence-electron chi connectivity index (χ1n) is 11.3. The van der Waals surface area contributed by atoms with Gasteiger partial charge in [-0.25, -0.2) is 4.98 Å². The SMILES string of the molecule is CCCSc1ncccc1C(=O)Nc1cc(-c2onc3c2CCc2ccccc2-3)ccc1OC. The number of carbonyl (C=O) groups excluding carboxylic acids is 1. The molecule has 2 aromatic carbocycles. The number of amides is 1. The van der Waals surface area contributed by atoms with Crippen LogP contribution in [0, 0.1) is 0 Å². The lowest BCUT2D eigenvalue weighted by Gasteiger charge is -2.15. The second-order valence-electron chi connectivity index (χ2n) is 8.07. The largest absolute Gasteiger partial charge is 0.495 e. The number of anilines is 1. The zero-order valence-corrected chi connectivity index (χ0v) is 19.9. The average Bonchev–Trinajstić information content (AvgIpc) is 3.32. The van der Waals surface area contributed by atoms with Crippen LogP contribution < -0.4 is 10.1 Å². The van der Waals surface area contributed by atoms with E-state index in [0.717, 1.165) is 58.2 Å². The van der Waals surface area contributed by atoms with Crippen molar-refractivity contribution in [2.75, 3.05) is 18.2 Å². The molecule has 7 heteroatoms. The summed E-state index contributed by atoms with van der Waals surface area (Å²) in [7, 11) is 1.59. The van der Waals surface area contributed by atoms with Gasteiger partial charge in [-0.1, -0.05) is 36.3 Å². The zero-order valence-electron chi connectivity index (χ0n) is 19.1. The second-order valence-corrected chi connectivity index (χ2v) is 9.15. The summed E-state index contributed by atoms with van der Waals surface area (Å²) in [6.07, 6.45) is 4.51. The molecule has 172 valence electrons. The van der Waals surface area contributed by atoms with E-state index in [-0.39, 0.29) is 5.91 Å². The van der Waals surface area contributed by atoms with E-state index in [2.05, 4.69) is 40.6 Å². The van der Waals surface area contributed by atoms with Crippen molar-refractivity contribution in [1.29, 1.82) is 0 Å². The van der Waals surface area contributed by atoms with Crippen LogP contribution in [-0.4, -0.2) is 28.9 Å². The highest BCUT2D eigenvalue weighted by atomic mass is 32.2. The fraction of sp³-hybridized carbons (Fsp3) is 0.222. The van der Waals surface area contributed by atoms with Crippen LogP contribution in [-0.2, 0) is 12.8 Å². The van der Waals surface area contributed by atoms with Crippen LogP contribution in [0.25, 0.3) is 22.6 Å². The first-order chi connectivity index (χ1) is 16.7. The first kappa shape index (κ1) is 22.2. The monoisotopic (exact) mass is 471 g/mol. The summed E-state index contributed by atoms with van der Waals surface area (Å²) in [4.78, 5) is 17.6. The fourth-order valence-electron chi connectivity index (χ4n) is 4.22. The molecule has 2 aromatic heterocycles. The number of aromatic nitrogens is 2. The van der Waals surface area contributed by atoms with E-state index >= 15 is 0 Å². The third-order valence-electron chi connectivity index (χ3n) is 5.87. The molecular formula is C27H25N3O3S. The molecule has 0 fully saturated rings. The Kier molecular flexibility index (Phi) is 6.36. The van der Waals surface area contributed by atoms with E-state index in [1.165, 1.54) is 5.56 Å². The predicted molar refractivity (Wildman–Crippen MR) is 135 cm³/mol. The number of benzene rings is 2. The number of hydrogen-bond donors (Lipinski definition) is 1. The number of ether oxygens (including phenoxy) is 1. The molecule has 0 saturated carbocycles. The van der Waals surface area contributed by atoms with Crippen LogP contribution in [0.2, 0.25) is 0 Å². The summed E-state index contributed by atoms with van der Waals surface area (Å²) in [5.74, 6) is 1.97. The molecule has 0 bridgehead atoms. The number of carbonyl (C=O) groups is 1. The van der Waals surface area contributed by atoms with Crippen LogP contribution in [0.5, 0.6) is 5.75 Å². The Bertz CT molecular complexity index is 1350.